The maximum atomic E-state index is 6.09. The summed E-state index contributed by atoms with van der Waals surface area (Å²) in [5.41, 5.74) is 10.5. The highest BCUT2D eigenvalue weighted by molar-refractivity contribution is 5.29. The molecule has 15 heavy (non-hydrogen) atoms. The molecule has 1 aromatic rings. The summed E-state index contributed by atoms with van der Waals surface area (Å²) in [4.78, 5) is 4.54. The van der Waals surface area contributed by atoms with Crippen LogP contribution >= 0.6 is 0 Å². The third-order valence-corrected chi connectivity index (χ3v) is 3.78. The van der Waals surface area contributed by atoms with E-state index in [0.29, 0.717) is 0 Å². The standard InChI is InChI=1S/C13H18N2/c14-13(6-7-13)5-4-10-8-11-2-1-3-12(11)15-9-10/h8-9H,1-7,14H2. The van der Waals surface area contributed by atoms with Crippen LogP contribution in [0.15, 0.2) is 12.3 Å². The van der Waals surface area contributed by atoms with Gasteiger partial charge in [0.05, 0.1) is 0 Å². The number of hydrogen-bond donors (Lipinski definition) is 1. The van der Waals surface area contributed by atoms with Crippen LogP contribution in [0.25, 0.3) is 0 Å². The number of aryl methyl sites for hydroxylation is 3. The van der Waals surface area contributed by atoms with E-state index in [0.717, 1.165) is 12.8 Å². The van der Waals surface area contributed by atoms with Gasteiger partial charge in [0.1, 0.15) is 0 Å². The van der Waals surface area contributed by atoms with Crippen molar-refractivity contribution < 1.29 is 0 Å². The Morgan fingerprint density at radius 1 is 1.33 bits per heavy atom. The second-order valence-electron chi connectivity index (χ2n) is 5.17. The largest absolute Gasteiger partial charge is 0.325 e. The Hall–Kier alpha value is -0.890. The van der Waals surface area contributed by atoms with Crippen LogP contribution in [0.4, 0.5) is 0 Å². The Labute approximate surface area is 90.9 Å². The topological polar surface area (TPSA) is 38.9 Å². The predicted octanol–water partition coefficient (Wildman–Crippen LogP) is 1.99. The molecule has 0 aromatic carbocycles. The number of rotatable bonds is 3. The monoisotopic (exact) mass is 202 g/mol. The highest BCUT2D eigenvalue weighted by Gasteiger charge is 2.37. The van der Waals surface area contributed by atoms with Crippen molar-refractivity contribution in [2.45, 2.75) is 50.5 Å². The summed E-state index contributed by atoms with van der Waals surface area (Å²) in [6.07, 6.45) is 10.4. The second kappa shape index (κ2) is 3.31. The van der Waals surface area contributed by atoms with E-state index in [2.05, 4.69) is 17.2 Å². The first-order valence-electron chi connectivity index (χ1n) is 6.01. The van der Waals surface area contributed by atoms with Crippen LogP contribution in [0.2, 0.25) is 0 Å². The molecule has 0 atom stereocenters. The quantitative estimate of drug-likeness (QED) is 0.814. The Morgan fingerprint density at radius 3 is 3.00 bits per heavy atom. The first-order chi connectivity index (χ1) is 7.25. The van der Waals surface area contributed by atoms with Crippen molar-refractivity contribution >= 4 is 0 Å². The first kappa shape index (κ1) is 9.34. The fraction of sp³-hybridized carbons (Fsp3) is 0.615. The zero-order chi connectivity index (χ0) is 10.3. The molecule has 2 aliphatic rings. The van der Waals surface area contributed by atoms with Gasteiger partial charge in [-0.15, -0.1) is 0 Å². The van der Waals surface area contributed by atoms with Crippen LogP contribution < -0.4 is 5.73 Å². The van der Waals surface area contributed by atoms with Crippen molar-refractivity contribution in [3.63, 3.8) is 0 Å². The van der Waals surface area contributed by atoms with E-state index in [1.165, 1.54) is 48.9 Å². The molecule has 0 amide bonds. The molecule has 1 saturated carbocycles. The van der Waals surface area contributed by atoms with E-state index in [9.17, 15) is 0 Å². The van der Waals surface area contributed by atoms with E-state index in [1.807, 2.05) is 0 Å². The van der Waals surface area contributed by atoms with Gasteiger partial charge in [0.15, 0.2) is 0 Å². The number of fused-ring (bicyclic) bond motifs is 1. The molecule has 0 saturated heterocycles. The predicted molar refractivity (Wildman–Crippen MR) is 60.7 cm³/mol. The molecule has 1 aromatic heterocycles. The Kier molecular flexibility index (Phi) is 2.06. The van der Waals surface area contributed by atoms with Gasteiger partial charge in [-0.2, -0.15) is 0 Å². The van der Waals surface area contributed by atoms with Crippen LogP contribution in [0, 0.1) is 0 Å². The van der Waals surface area contributed by atoms with Gasteiger partial charge in [-0.05, 0) is 56.1 Å². The zero-order valence-electron chi connectivity index (χ0n) is 9.13. The van der Waals surface area contributed by atoms with Crippen molar-refractivity contribution in [3.05, 3.63) is 29.1 Å². The summed E-state index contributed by atoms with van der Waals surface area (Å²) in [7, 11) is 0. The number of nitrogens with zero attached hydrogens (tertiary/aromatic N) is 1. The normalized spacial score (nSPS) is 21.4. The van der Waals surface area contributed by atoms with E-state index in [-0.39, 0.29) is 5.54 Å². The minimum absolute atomic E-state index is 0.180. The fourth-order valence-corrected chi connectivity index (χ4v) is 2.42. The number of nitrogens with two attached hydrogens (primary N) is 1. The molecule has 3 rings (SSSR count). The Morgan fingerprint density at radius 2 is 2.20 bits per heavy atom. The molecule has 2 nitrogen and oxygen atoms in total. The average molecular weight is 202 g/mol. The smallest absolute Gasteiger partial charge is 0.0435 e. The zero-order valence-corrected chi connectivity index (χ0v) is 9.13. The molecule has 0 spiro atoms. The summed E-state index contributed by atoms with van der Waals surface area (Å²) in [5.74, 6) is 0. The third kappa shape index (κ3) is 1.91. The molecule has 1 heterocycles. The molecule has 0 bridgehead atoms. The summed E-state index contributed by atoms with van der Waals surface area (Å²) >= 11 is 0. The maximum Gasteiger partial charge on any atom is 0.0435 e. The van der Waals surface area contributed by atoms with Crippen LogP contribution in [0.1, 0.15) is 42.5 Å². The fourth-order valence-electron chi connectivity index (χ4n) is 2.42. The minimum atomic E-state index is 0.180. The van der Waals surface area contributed by atoms with Gasteiger partial charge in [0.2, 0.25) is 0 Å². The molecule has 80 valence electrons. The van der Waals surface area contributed by atoms with E-state index >= 15 is 0 Å². The lowest BCUT2D eigenvalue weighted by molar-refractivity contribution is 0.608. The van der Waals surface area contributed by atoms with Crippen LogP contribution in [-0.2, 0) is 19.3 Å². The Balaban J connectivity index is 1.70. The third-order valence-electron chi connectivity index (χ3n) is 3.78. The van der Waals surface area contributed by atoms with Gasteiger partial charge in [-0.25, -0.2) is 0 Å². The molecule has 2 heteroatoms. The molecule has 0 aliphatic heterocycles. The highest BCUT2D eigenvalue weighted by atomic mass is 14.8. The van der Waals surface area contributed by atoms with Gasteiger partial charge in [-0.1, -0.05) is 6.07 Å². The molecule has 1 fully saturated rings. The average Bonchev–Trinajstić information content (AvgIpc) is 2.80. The lowest BCUT2D eigenvalue weighted by Gasteiger charge is -2.08. The molecule has 2 aliphatic carbocycles. The van der Waals surface area contributed by atoms with Gasteiger partial charge in [-0.3, -0.25) is 4.98 Å². The van der Waals surface area contributed by atoms with Gasteiger partial charge in [0.25, 0.3) is 0 Å². The number of hydrogen-bond acceptors (Lipinski definition) is 2. The Bertz CT molecular complexity index is 380. The van der Waals surface area contributed by atoms with Crippen molar-refractivity contribution in [1.29, 1.82) is 0 Å². The minimum Gasteiger partial charge on any atom is -0.325 e. The lowest BCUT2D eigenvalue weighted by atomic mass is 10.0. The van der Waals surface area contributed by atoms with Crippen LogP contribution in [0.5, 0.6) is 0 Å². The maximum absolute atomic E-state index is 6.09. The number of aromatic nitrogens is 1. The van der Waals surface area contributed by atoms with Crippen molar-refractivity contribution in [3.8, 4) is 0 Å². The van der Waals surface area contributed by atoms with Crippen molar-refractivity contribution in [2.75, 3.05) is 0 Å². The molecular formula is C13H18N2. The lowest BCUT2D eigenvalue weighted by Crippen LogP contribution is -2.22. The van der Waals surface area contributed by atoms with Crippen LogP contribution in [0.3, 0.4) is 0 Å². The summed E-state index contributed by atoms with van der Waals surface area (Å²) in [6, 6.07) is 2.35. The summed E-state index contributed by atoms with van der Waals surface area (Å²) < 4.78 is 0. The summed E-state index contributed by atoms with van der Waals surface area (Å²) in [5, 5.41) is 0. The molecular weight excluding hydrogens is 184 g/mol. The van der Waals surface area contributed by atoms with Crippen LogP contribution in [-0.4, -0.2) is 10.5 Å². The SMILES string of the molecule is NC1(CCc2cnc3c(c2)CCC3)CC1. The van der Waals surface area contributed by atoms with Gasteiger partial charge < -0.3 is 5.73 Å². The molecule has 2 N–H and O–H groups in total. The van der Waals surface area contributed by atoms with Crippen molar-refractivity contribution in [2.24, 2.45) is 5.73 Å². The van der Waals surface area contributed by atoms with E-state index < -0.39 is 0 Å². The highest BCUT2D eigenvalue weighted by Crippen LogP contribution is 2.36. The second-order valence-corrected chi connectivity index (χ2v) is 5.17. The van der Waals surface area contributed by atoms with Crippen molar-refractivity contribution in [1.82, 2.24) is 4.98 Å². The number of pyridine rings is 1. The van der Waals surface area contributed by atoms with E-state index in [4.69, 9.17) is 5.73 Å². The molecule has 0 radical (unpaired) electrons. The molecule has 0 unspecified atom stereocenters. The summed E-state index contributed by atoms with van der Waals surface area (Å²) in [6.45, 7) is 0. The van der Waals surface area contributed by atoms with E-state index in [1.54, 1.807) is 0 Å². The van der Waals surface area contributed by atoms with Gasteiger partial charge in [0, 0.05) is 17.4 Å². The van der Waals surface area contributed by atoms with Gasteiger partial charge >= 0.3 is 0 Å². The first-order valence-corrected chi connectivity index (χ1v) is 6.01.